The summed E-state index contributed by atoms with van der Waals surface area (Å²) in [5.74, 6) is -0.418. The van der Waals surface area contributed by atoms with E-state index >= 15 is 0 Å². The van der Waals surface area contributed by atoms with Crippen LogP contribution >= 0.6 is 11.3 Å². The molecule has 0 N–H and O–H groups in total. The van der Waals surface area contributed by atoms with E-state index in [-0.39, 0.29) is 30.2 Å². The Bertz CT molecular complexity index is 712. The number of ether oxygens (including phenoxy) is 1. The van der Waals surface area contributed by atoms with E-state index in [1.54, 1.807) is 30.2 Å². The van der Waals surface area contributed by atoms with Gasteiger partial charge in [-0.3, -0.25) is 14.4 Å². The van der Waals surface area contributed by atoms with Gasteiger partial charge in [0.1, 0.15) is 0 Å². The second-order valence-electron chi connectivity index (χ2n) is 8.04. The third-order valence-electron chi connectivity index (χ3n) is 5.89. The summed E-state index contributed by atoms with van der Waals surface area (Å²) in [5.41, 5.74) is 1.32. The first-order valence-corrected chi connectivity index (χ1v) is 11.6. The zero-order valence-electron chi connectivity index (χ0n) is 17.6. The van der Waals surface area contributed by atoms with Gasteiger partial charge in [-0.1, -0.05) is 12.8 Å². The number of hydrogen-bond donors (Lipinski definition) is 0. The minimum absolute atomic E-state index is 0.0573. The molecule has 0 atom stereocenters. The molecule has 3 rings (SSSR count). The van der Waals surface area contributed by atoms with Crippen LogP contribution in [0, 0.1) is 5.92 Å². The standard InChI is InChI=1S/C22H32N2O4S/c1-3-28-22(27)16-10-12-24(13-11-16)20(25)15-23(2)21(26)19-14-17-8-6-4-5-7-9-18(17)29-19/h14,16H,3-13,15H2,1-2H3. The van der Waals surface area contributed by atoms with Gasteiger partial charge in [0.15, 0.2) is 0 Å². The maximum absolute atomic E-state index is 12.9. The van der Waals surface area contributed by atoms with Gasteiger partial charge >= 0.3 is 5.97 Å². The maximum atomic E-state index is 12.9. The largest absolute Gasteiger partial charge is 0.466 e. The molecular weight excluding hydrogens is 388 g/mol. The van der Waals surface area contributed by atoms with Gasteiger partial charge in [-0.15, -0.1) is 11.3 Å². The molecule has 2 amide bonds. The van der Waals surface area contributed by atoms with Crippen LogP contribution in [0.1, 0.15) is 65.6 Å². The zero-order valence-corrected chi connectivity index (χ0v) is 18.4. The number of carbonyl (C=O) groups excluding carboxylic acids is 3. The van der Waals surface area contributed by atoms with Crippen molar-refractivity contribution in [3.05, 3.63) is 21.4 Å². The van der Waals surface area contributed by atoms with Crippen LogP contribution in [-0.2, 0) is 27.2 Å². The number of nitrogens with zero attached hydrogens (tertiary/aromatic N) is 2. The topological polar surface area (TPSA) is 66.9 Å². The first-order chi connectivity index (χ1) is 14.0. The number of hydrogen-bond acceptors (Lipinski definition) is 5. The van der Waals surface area contributed by atoms with E-state index in [1.807, 2.05) is 6.07 Å². The fraction of sp³-hybridized carbons (Fsp3) is 0.682. The molecule has 7 heteroatoms. The Labute approximate surface area is 177 Å². The van der Waals surface area contributed by atoms with Crippen LogP contribution in [0.15, 0.2) is 6.07 Å². The Kier molecular flexibility index (Phi) is 7.70. The van der Waals surface area contributed by atoms with E-state index in [9.17, 15) is 14.4 Å². The highest BCUT2D eigenvalue weighted by Crippen LogP contribution is 2.29. The third kappa shape index (κ3) is 5.59. The van der Waals surface area contributed by atoms with Crippen LogP contribution in [0.5, 0.6) is 0 Å². The molecule has 2 aliphatic rings. The number of esters is 1. The molecule has 0 radical (unpaired) electrons. The average Bonchev–Trinajstić information content (AvgIpc) is 3.09. The monoisotopic (exact) mass is 420 g/mol. The highest BCUT2D eigenvalue weighted by Gasteiger charge is 2.29. The summed E-state index contributed by atoms with van der Waals surface area (Å²) in [6.07, 6.45) is 8.27. The molecule has 1 aromatic heterocycles. The second-order valence-corrected chi connectivity index (χ2v) is 9.18. The number of aryl methyl sites for hydroxylation is 2. The first-order valence-electron chi connectivity index (χ1n) is 10.8. The van der Waals surface area contributed by atoms with Crippen LogP contribution in [0.2, 0.25) is 0 Å². The summed E-state index contributed by atoms with van der Waals surface area (Å²) < 4.78 is 5.08. The van der Waals surface area contributed by atoms with Crippen LogP contribution in [-0.4, -0.2) is 60.9 Å². The van der Waals surface area contributed by atoms with E-state index in [0.29, 0.717) is 32.5 Å². The number of fused-ring (bicyclic) bond motifs is 1. The van der Waals surface area contributed by atoms with Crippen molar-refractivity contribution >= 4 is 29.1 Å². The number of carbonyl (C=O) groups is 3. The highest BCUT2D eigenvalue weighted by atomic mass is 32.1. The molecule has 1 aliphatic heterocycles. The summed E-state index contributed by atoms with van der Waals surface area (Å²) in [6.45, 7) is 3.34. The predicted molar refractivity (Wildman–Crippen MR) is 113 cm³/mol. The number of amides is 2. The van der Waals surface area contributed by atoms with Crippen molar-refractivity contribution in [2.24, 2.45) is 5.92 Å². The SMILES string of the molecule is CCOC(=O)C1CCN(C(=O)CN(C)C(=O)c2cc3c(s2)CCCCCC3)CC1. The normalized spacial score (nSPS) is 17.8. The lowest BCUT2D eigenvalue weighted by molar-refractivity contribution is -0.151. The van der Waals surface area contributed by atoms with E-state index in [2.05, 4.69) is 0 Å². The Hall–Kier alpha value is -1.89. The van der Waals surface area contributed by atoms with Gasteiger partial charge in [0.05, 0.1) is 23.9 Å². The summed E-state index contributed by atoms with van der Waals surface area (Å²) in [6, 6.07) is 2.04. The van der Waals surface area contributed by atoms with Gasteiger partial charge in [-0.2, -0.15) is 0 Å². The van der Waals surface area contributed by atoms with Gasteiger partial charge in [0.25, 0.3) is 5.91 Å². The molecule has 0 aromatic carbocycles. The first kappa shape index (κ1) is 21.8. The van der Waals surface area contributed by atoms with E-state index in [0.717, 1.165) is 17.7 Å². The predicted octanol–water partition coefficient (Wildman–Crippen LogP) is 3.28. The quantitative estimate of drug-likeness (QED) is 0.686. The molecular formula is C22H32N2O4S. The molecule has 160 valence electrons. The van der Waals surface area contributed by atoms with Crippen LogP contribution in [0.25, 0.3) is 0 Å². The lowest BCUT2D eigenvalue weighted by atomic mass is 9.97. The molecule has 0 spiro atoms. The summed E-state index contributed by atoms with van der Waals surface area (Å²) in [4.78, 5) is 42.7. The Morgan fingerprint density at radius 1 is 1.14 bits per heavy atom. The molecule has 1 aliphatic carbocycles. The van der Waals surface area contributed by atoms with Crippen LogP contribution < -0.4 is 0 Å². The van der Waals surface area contributed by atoms with Crippen molar-refractivity contribution in [2.75, 3.05) is 33.3 Å². The number of thiophene rings is 1. The molecule has 2 heterocycles. The summed E-state index contributed by atoms with van der Waals surface area (Å²) in [5, 5.41) is 0. The fourth-order valence-electron chi connectivity index (χ4n) is 4.14. The lowest BCUT2D eigenvalue weighted by Crippen LogP contribution is -2.45. The van der Waals surface area contributed by atoms with E-state index in [4.69, 9.17) is 4.74 Å². The van der Waals surface area contributed by atoms with Gasteiger partial charge in [-0.05, 0) is 57.1 Å². The van der Waals surface area contributed by atoms with Crippen molar-refractivity contribution in [1.29, 1.82) is 0 Å². The fourth-order valence-corrected chi connectivity index (χ4v) is 5.39. The van der Waals surface area contributed by atoms with Gasteiger partial charge in [0, 0.05) is 25.0 Å². The van der Waals surface area contributed by atoms with Crippen molar-refractivity contribution in [1.82, 2.24) is 9.80 Å². The molecule has 1 saturated heterocycles. The van der Waals surface area contributed by atoms with Crippen LogP contribution in [0.4, 0.5) is 0 Å². The van der Waals surface area contributed by atoms with Crippen molar-refractivity contribution in [3.63, 3.8) is 0 Å². The van der Waals surface area contributed by atoms with E-state index < -0.39 is 0 Å². The van der Waals surface area contributed by atoms with Gasteiger partial charge in [-0.25, -0.2) is 0 Å². The smallest absolute Gasteiger partial charge is 0.309 e. The summed E-state index contributed by atoms with van der Waals surface area (Å²) in [7, 11) is 1.70. The molecule has 6 nitrogen and oxygen atoms in total. The van der Waals surface area contributed by atoms with Crippen molar-refractivity contribution < 1.29 is 19.1 Å². The maximum Gasteiger partial charge on any atom is 0.309 e. The zero-order chi connectivity index (χ0) is 20.8. The van der Waals surface area contributed by atoms with Gasteiger partial charge in [0.2, 0.25) is 5.91 Å². The summed E-state index contributed by atoms with van der Waals surface area (Å²) >= 11 is 1.60. The van der Waals surface area contributed by atoms with E-state index in [1.165, 1.54) is 41.0 Å². The third-order valence-corrected chi connectivity index (χ3v) is 7.12. The Morgan fingerprint density at radius 2 is 1.83 bits per heavy atom. The number of likely N-dealkylation sites (tertiary alicyclic amines) is 1. The molecule has 0 saturated carbocycles. The van der Waals surface area contributed by atoms with Gasteiger partial charge < -0.3 is 14.5 Å². The highest BCUT2D eigenvalue weighted by molar-refractivity contribution is 7.14. The minimum Gasteiger partial charge on any atom is -0.466 e. The number of piperidine rings is 1. The number of likely N-dealkylation sites (N-methyl/N-ethyl adjacent to an activating group) is 1. The van der Waals surface area contributed by atoms with Crippen molar-refractivity contribution in [3.8, 4) is 0 Å². The average molecular weight is 421 g/mol. The molecule has 0 unspecified atom stereocenters. The Morgan fingerprint density at radius 3 is 2.52 bits per heavy atom. The molecule has 1 aromatic rings. The lowest BCUT2D eigenvalue weighted by Gasteiger charge is -2.32. The molecule has 0 bridgehead atoms. The second kappa shape index (κ2) is 10.2. The molecule has 1 fully saturated rings. The Balaban J connectivity index is 1.53. The van der Waals surface area contributed by atoms with Crippen molar-refractivity contribution in [2.45, 2.75) is 58.3 Å². The minimum atomic E-state index is -0.167. The van der Waals surface area contributed by atoms with Crippen LogP contribution in [0.3, 0.4) is 0 Å². The molecule has 29 heavy (non-hydrogen) atoms. The number of rotatable bonds is 5.